The summed E-state index contributed by atoms with van der Waals surface area (Å²) in [6, 6.07) is 45.2. The molecule has 1 heterocycles. The molecular weight excluding hydrogens is 795 g/mol. The van der Waals surface area contributed by atoms with E-state index in [1.807, 2.05) is 0 Å². The molecule has 0 spiro atoms. The quantitative estimate of drug-likeness (QED) is 0.0779. The van der Waals surface area contributed by atoms with Gasteiger partial charge in [-0.3, -0.25) is 0 Å². The lowest BCUT2D eigenvalue weighted by Crippen LogP contribution is -2.51. The van der Waals surface area contributed by atoms with E-state index < -0.39 is 8.07 Å². The number of allylic oxidation sites excluding steroid dienone is 3. The van der Waals surface area contributed by atoms with Gasteiger partial charge in [-0.1, -0.05) is 193 Å². The van der Waals surface area contributed by atoms with Crippen LogP contribution in [0.3, 0.4) is 0 Å². The van der Waals surface area contributed by atoms with Crippen molar-refractivity contribution in [2.24, 2.45) is 46.3 Å². The Morgan fingerprint density at radius 3 is 1.81 bits per heavy atom. The number of ether oxygens (including phenoxy) is 1. The molecule has 1 amide bonds. The maximum atomic E-state index is 13.7. The summed E-state index contributed by atoms with van der Waals surface area (Å²) >= 11 is 0. The Hall–Kier alpha value is -4.41. The SMILES string of the molecule is CC(C)CCC[C@@H](C)[C@H]1CC[C@H]2[C@@H]3CC=C4C[C@@H](OC(=O)NCCC[Si]5(C)C(c6ccccc6)=C(c6ccccc6)C(c6ccccc6)=C5c5ccccc5)CC[C@]4(C)[C@H]3CC[C@]12C. The molecular formula is C60H75NO2Si. The number of nitrogens with one attached hydrogen (secondary N) is 1. The molecule has 9 rings (SSSR count). The molecule has 0 radical (unpaired) electrons. The fourth-order valence-corrected chi connectivity index (χ4v) is 19.6. The highest BCUT2D eigenvalue weighted by Gasteiger charge is 2.59. The third kappa shape index (κ3) is 8.47. The average molecular weight is 870 g/mol. The molecule has 4 aliphatic carbocycles. The normalized spacial score (nSPS) is 28.9. The molecule has 3 saturated carbocycles. The van der Waals surface area contributed by atoms with E-state index >= 15 is 0 Å². The number of fused-ring (bicyclic) bond motifs is 5. The van der Waals surface area contributed by atoms with Gasteiger partial charge in [-0.25, -0.2) is 4.79 Å². The van der Waals surface area contributed by atoms with Crippen molar-refractivity contribution >= 4 is 35.7 Å². The van der Waals surface area contributed by atoms with Gasteiger partial charge in [-0.15, -0.1) is 0 Å². The molecule has 4 heteroatoms. The minimum absolute atomic E-state index is 0.0453. The maximum Gasteiger partial charge on any atom is 0.407 e. The lowest BCUT2D eigenvalue weighted by molar-refractivity contribution is -0.0581. The van der Waals surface area contributed by atoms with Crippen molar-refractivity contribution in [3.8, 4) is 0 Å². The number of rotatable bonds is 14. The van der Waals surface area contributed by atoms with Crippen LogP contribution in [0, 0.1) is 46.3 Å². The molecule has 5 aliphatic rings. The monoisotopic (exact) mass is 870 g/mol. The number of hydrogen-bond donors (Lipinski definition) is 1. The van der Waals surface area contributed by atoms with Crippen LogP contribution >= 0.6 is 0 Å². The third-order valence-electron chi connectivity index (χ3n) is 17.8. The summed E-state index contributed by atoms with van der Waals surface area (Å²) in [6.45, 7) is 15.8. The first kappa shape index (κ1) is 44.8. The van der Waals surface area contributed by atoms with Gasteiger partial charge >= 0.3 is 6.09 Å². The molecule has 336 valence electrons. The smallest absolute Gasteiger partial charge is 0.407 e. The van der Waals surface area contributed by atoms with Crippen molar-refractivity contribution in [1.82, 2.24) is 5.32 Å². The van der Waals surface area contributed by atoms with Crippen LogP contribution in [0.5, 0.6) is 0 Å². The molecule has 64 heavy (non-hydrogen) atoms. The fraction of sp³-hybridized carbons (Fsp3) is 0.483. The molecule has 3 fully saturated rings. The van der Waals surface area contributed by atoms with Gasteiger partial charge in [-0.2, -0.15) is 0 Å². The van der Waals surface area contributed by atoms with Crippen molar-refractivity contribution in [3.63, 3.8) is 0 Å². The van der Waals surface area contributed by atoms with E-state index in [4.69, 9.17) is 4.74 Å². The van der Waals surface area contributed by atoms with E-state index in [9.17, 15) is 4.79 Å². The van der Waals surface area contributed by atoms with Gasteiger partial charge < -0.3 is 10.1 Å². The molecule has 0 bridgehead atoms. The predicted molar refractivity (Wildman–Crippen MR) is 272 cm³/mol. The second-order valence-electron chi connectivity index (χ2n) is 21.9. The largest absolute Gasteiger partial charge is 0.446 e. The van der Waals surface area contributed by atoms with Crippen molar-refractivity contribution in [2.45, 2.75) is 130 Å². The number of alkyl carbamates (subject to hydrolysis) is 1. The zero-order chi connectivity index (χ0) is 44.5. The summed E-state index contributed by atoms with van der Waals surface area (Å²) in [7, 11) is -2.45. The molecule has 0 unspecified atom stereocenters. The number of amides is 1. The Bertz CT molecular complexity index is 2230. The van der Waals surface area contributed by atoms with Gasteiger partial charge in [0.05, 0.1) is 0 Å². The van der Waals surface area contributed by atoms with E-state index in [1.165, 1.54) is 95.2 Å². The van der Waals surface area contributed by atoms with Crippen molar-refractivity contribution < 1.29 is 9.53 Å². The summed E-state index contributed by atoms with van der Waals surface area (Å²) in [4.78, 5) is 13.7. The van der Waals surface area contributed by atoms with Crippen LogP contribution < -0.4 is 5.32 Å². The van der Waals surface area contributed by atoms with E-state index in [-0.39, 0.29) is 17.6 Å². The second kappa shape index (κ2) is 18.8. The van der Waals surface area contributed by atoms with Gasteiger partial charge in [0.25, 0.3) is 0 Å². The zero-order valence-corrected chi connectivity index (χ0v) is 40.9. The van der Waals surface area contributed by atoms with Gasteiger partial charge in [-0.05, 0) is 148 Å². The molecule has 3 nitrogen and oxygen atoms in total. The third-order valence-corrected chi connectivity index (χ3v) is 22.4. The number of benzene rings is 4. The van der Waals surface area contributed by atoms with E-state index in [0.717, 1.165) is 67.2 Å². The predicted octanol–water partition coefficient (Wildman–Crippen LogP) is 15.9. The summed E-state index contributed by atoms with van der Waals surface area (Å²) in [5, 5.41) is 6.23. The van der Waals surface area contributed by atoms with Crippen LogP contribution in [0.2, 0.25) is 12.6 Å². The molecule has 0 saturated heterocycles. The topological polar surface area (TPSA) is 38.3 Å². The number of carbonyl (C=O) groups is 1. The molecule has 1 aliphatic heterocycles. The zero-order valence-electron chi connectivity index (χ0n) is 39.9. The van der Waals surface area contributed by atoms with Crippen LogP contribution in [0.4, 0.5) is 4.79 Å². The molecule has 0 aromatic heterocycles. The van der Waals surface area contributed by atoms with Crippen LogP contribution in [0.1, 0.15) is 134 Å². The molecule has 8 atom stereocenters. The van der Waals surface area contributed by atoms with Gasteiger partial charge in [0.15, 0.2) is 0 Å². The summed E-state index contributed by atoms with van der Waals surface area (Å²) < 4.78 is 6.32. The summed E-state index contributed by atoms with van der Waals surface area (Å²) in [6.07, 6.45) is 17.2. The lowest BCUT2D eigenvalue weighted by atomic mass is 9.47. The molecule has 1 N–H and O–H groups in total. The van der Waals surface area contributed by atoms with Crippen molar-refractivity contribution in [3.05, 3.63) is 155 Å². The fourth-order valence-electron chi connectivity index (χ4n) is 14.7. The van der Waals surface area contributed by atoms with E-state index in [0.29, 0.717) is 12.0 Å². The van der Waals surface area contributed by atoms with Crippen LogP contribution in [-0.2, 0) is 4.74 Å². The molecule has 4 aromatic carbocycles. The number of carbonyl (C=O) groups excluding carboxylic acids is 1. The first-order valence-electron chi connectivity index (χ1n) is 25.4. The van der Waals surface area contributed by atoms with Crippen molar-refractivity contribution in [2.75, 3.05) is 6.54 Å². The van der Waals surface area contributed by atoms with Crippen LogP contribution in [0.15, 0.2) is 133 Å². The highest BCUT2D eigenvalue weighted by molar-refractivity contribution is 7.14. The minimum Gasteiger partial charge on any atom is -0.446 e. The first-order chi connectivity index (χ1) is 31.0. The Morgan fingerprint density at radius 2 is 1.25 bits per heavy atom. The second-order valence-corrected chi connectivity index (χ2v) is 26.1. The van der Waals surface area contributed by atoms with Crippen molar-refractivity contribution in [1.29, 1.82) is 0 Å². The average Bonchev–Trinajstić information content (AvgIpc) is 3.81. The van der Waals surface area contributed by atoms with Gasteiger partial charge in [0.2, 0.25) is 0 Å². The Balaban J connectivity index is 0.888. The van der Waals surface area contributed by atoms with Crippen LogP contribution in [0.25, 0.3) is 21.5 Å². The summed E-state index contributed by atoms with van der Waals surface area (Å²) in [5.74, 6) is 4.99. The molecule has 4 aromatic rings. The standard InChI is InChI=1S/C60H75NO2Si/c1-42(2)21-19-22-43(3)51-33-34-52-50-32-31-48-41-49(35-37-59(48,4)53(50)36-38-60(51,52)5)63-58(62)61-39-20-40-64(6)56(46-27-15-9-16-28-46)54(44-23-11-7-12-24-44)55(45-25-13-8-14-26-45)57(64)47-29-17-10-18-30-47/h7-18,23-31,42-43,49-53H,19-22,32-41H2,1-6H3,(H,61,62)/t43-,49+,50+,51-,52+,53+,59+,60-/m1/s1. The first-order valence-corrected chi connectivity index (χ1v) is 28.1. The van der Waals surface area contributed by atoms with Crippen LogP contribution in [-0.4, -0.2) is 26.8 Å². The van der Waals surface area contributed by atoms with Gasteiger partial charge in [0, 0.05) is 13.0 Å². The Labute approximate surface area is 387 Å². The number of hydrogen-bond acceptors (Lipinski definition) is 2. The lowest BCUT2D eigenvalue weighted by Gasteiger charge is -2.58. The van der Waals surface area contributed by atoms with Gasteiger partial charge in [0.1, 0.15) is 14.2 Å². The summed E-state index contributed by atoms with van der Waals surface area (Å²) in [5.41, 5.74) is 10.1. The minimum atomic E-state index is -2.45. The highest BCUT2D eigenvalue weighted by atomic mass is 28.3. The van der Waals surface area contributed by atoms with E-state index in [1.54, 1.807) is 5.57 Å². The Morgan fingerprint density at radius 1 is 0.688 bits per heavy atom. The maximum absolute atomic E-state index is 13.7. The van der Waals surface area contributed by atoms with E-state index in [2.05, 4.69) is 174 Å². The Kier molecular flexibility index (Phi) is 13.2. The highest BCUT2D eigenvalue weighted by Crippen LogP contribution is 2.67.